The van der Waals surface area contributed by atoms with Crippen LogP contribution in [0.5, 0.6) is 5.75 Å². The molecule has 0 aliphatic rings. The molecular weight excluding hydrogens is 520 g/mol. The van der Waals surface area contributed by atoms with Gasteiger partial charge in [-0.1, -0.05) is 55.0 Å². The average molecular weight is 551 g/mol. The number of ether oxygens (including phenoxy) is 2. The van der Waals surface area contributed by atoms with Crippen molar-refractivity contribution in [1.29, 1.82) is 0 Å². The molecule has 0 radical (unpaired) electrons. The van der Waals surface area contributed by atoms with E-state index >= 15 is 0 Å². The lowest BCUT2D eigenvalue weighted by molar-refractivity contribution is 0.0529. The van der Waals surface area contributed by atoms with Crippen molar-refractivity contribution < 1.29 is 19.1 Å². The lowest BCUT2D eigenvalue weighted by Gasteiger charge is -2.12. The van der Waals surface area contributed by atoms with E-state index < -0.39 is 5.97 Å². The van der Waals surface area contributed by atoms with Crippen molar-refractivity contribution in [3.8, 4) is 28.1 Å². The van der Waals surface area contributed by atoms with Crippen molar-refractivity contribution >= 4 is 39.1 Å². The Kier molecular flexibility index (Phi) is 8.22. The number of nitrogens with one attached hydrogen (secondary N) is 1. The normalized spacial score (nSPS) is 10.9. The molecule has 2 heterocycles. The van der Waals surface area contributed by atoms with E-state index in [0.717, 1.165) is 39.8 Å². The van der Waals surface area contributed by atoms with Crippen LogP contribution in [0.4, 0.5) is 5.00 Å². The van der Waals surface area contributed by atoms with Crippen molar-refractivity contribution in [3.63, 3.8) is 0 Å². The van der Waals surface area contributed by atoms with Crippen LogP contribution in [0.1, 0.15) is 46.5 Å². The standard InChI is InChI=1S/C33H30N2O4S/c1-4-18-39-24-16-14-23(15-17-24)29-19-26(25-8-6-7-9-28(25)34-29)31(36)35-32-30(33(37)38-5-2)27(20-40-32)22-12-10-21(3)11-13-22/h6-17,19-20H,4-5,18H2,1-3H3,(H,35,36). The molecule has 3 aromatic carbocycles. The maximum absolute atomic E-state index is 13.8. The highest BCUT2D eigenvalue weighted by molar-refractivity contribution is 7.15. The van der Waals surface area contributed by atoms with Crippen LogP contribution >= 0.6 is 11.3 Å². The molecule has 1 N–H and O–H groups in total. The number of thiophene rings is 1. The molecule has 5 rings (SSSR count). The van der Waals surface area contributed by atoms with Gasteiger partial charge in [-0.3, -0.25) is 4.79 Å². The molecule has 0 aliphatic heterocycles. The van der Waals surface area contributed by atoms with Gasteiger partial charge in [-0.25, -0.2) is 9.78 Å². The van der Waals surface area contributed by atoms with Gasteiger partial charge in [0.2, 0.25) is 0 Å². The second-order valence-electron chi connectivity index (χ2n) is 9.34. The van der Waals surface area contributed by atoms with Crippen molar-refractivity contribution in [3.05, 3.63) is 101 Å². The second-order valence-corrected chi connectivity index (χ2v) is 10.2. The number of para-hydroxylation sites is 1. The fourth-order valence-electron chi connectivity index (χ4n) is 4.42. The van der Waals surface area contributed by atoms with Gasteiger partial charge in [0, 0.05) is 21.9 Å². The number of amides is 1. The van der Waals surface area contributed by atoms with E-state index in [9.17, 15) is 9.59 Å². The Bertz CT molecular complexity index is 1660. The largest absolute Gasteiger partial charge is 0.494 e. The van der Waals surface area contributed by atoms with Gasteiger partial charge in [0.15, 0.2) is 0 Å². The summed E-state index contributed by atoms with van der Waals surface area (Å²) in [5.41, 5.74) is 5.79. The molecule has 0 fully saturated rings. The highest BCUT2D eigenvalue weighted by Gasteiger charge is 2.24. The first-order valence-corrected chi connectivity index (χ1v) is 14.2. The zero-order chi connectivity index (χ0) is 28.1. The minimum atomic E-state index is -0.472. The smallest absolute Gasteiger partial charge is 0.341 e. The topological polar surface area (TPSA) is 77.5 Å². The van der Waals surface area contributed by atoms with Crippen LogP contribution in [-0.2, 0) is 4.74 Å². The molecule has 6 nitrogen and oxygen atoms in total. The van der Waals surface area contributed by atoms with E-state index in [1.165, 1.54) is 11.3 Å². The van der Waals surface area contributed by atoms with Gasteiger partial charge in [-0.05, 0) is 62.2 Å². The molecule has 2 aromatic heterocycles. The Morgan fingerprint density at radius 2 is 1.65 bits per heavy atom. The summed E-state index contributed by atoms with van der Waals surface area (Å²) in [6.45, 7) is 6.73. The van der Waals surface area contributed by atoms with Crippen LogP contribution in [0.2, 0.25) is 0 Å². The number of fused-ring (bicyclic) bond motifs is 1. The highest BCUT2D eigenvalue weighted by Crippen LogP contribution is 2.37. The molecule has 0 spiro atoms. The number of nitrogens with zero attached hydrogens (tertiary/aromatic N) is 1. The zero-order valence-corrected chi connectivity index (χ0v) is 23.5. The molecule has 0 saturated carbocycles. The zero-order valence-electron chi connectivity index (χ0n) is 22.7. The minimum Gasteiger partial charge on any atom is -0.494 e. The monoisotopic (exact) mass is 550 g/mol. The number of aryl methyl sites for hydroxylation is 1. The summed E-state index contributed by atoms with van der Waals surface area (Å²) in [5, 5.41) is 6.05. The van der Waals surface area contributed by atoms with Gasteiger partial charge in [-0.15, -0.1) is 11.3 Å². The molecule has 5 aromatic rings. The number of rotatable bonds is 9. The van der Waals surface area contributed by atoms with Gasteiger partial charge in [0.1, 0.15) is 16.3 Å². The van der Waals surface area contributed by atoms with Crippen LogP contribution in [0.3, 0.4) is 0 Å². The SMILES string of the molecule is CCCOc1ccc(-c2cc(C(=O)Nc3scc(-c4ccc(C)cc4)c3C(=O)OCC)c3ccccc3n2)cc1. The minimum absolute atomic E-state index is 0.232. The van der Waals surface area contributed by atoms with E-state index in [-0.39, 0.29) is 12.5 Å². The second kappa shape index (κ2) is 12.1. The molecule has 0 aliphatic carbocycles. The Labute approximate surface area is 237 Å². The Morgan fingerprint density at radius 1 is 0.925 bits per heavy atom. The first-order valence-electron chi connectivity index (χ1n) is 13.3. The van der Waals surface area contributed by atoms with Gasteiger partial charge in [0.25, 0.3) is 5.91 Å². The first kappa shape index (κ1) is 27.1. The van der Waals surface area contributed by atoms with E-state index in [1.54, 1.807) is 13.0 Å². The summed E-state index contributed by atoms with van der Waals surface area (Å²) in [6, 6.07) is 24.9. The van der Waals surface area contributed by atoms with Crippen LogP contribution in [0.25, 0.3) is 33.3 Å². The highest BCUT2D eigenvalue weighted by atomic mass is 32.1. The number of hydrogen-bond acceptors (Lipinski definition) is 6. The number of esters is 1. The molecule has 7 heteroatoms. The summed E-state index contributed by atoms with van der Waals surface area (Å²) in [5.74, 6) is -0.0104. The van der Waals surface area contributed by atoms with E-state index in [2.05, 4.69) is 12.2 Å². The van der Waals surface area contributed by atoms with Crippen molar-refractivity contribution in [2.24, 2.45) is 0 Å². The lowest BCUT2D eigenvalue weighted by atomic mass is 10.0. The average Bonchev–Trinajstić information content (AvgIpc) is 3.39. The molecule has 0 saturated heterocycles. The third-order valence-electron chi connectivity index (χ3n) is 6.44. The molecule has 1 amide bonds. The summed E-state index contributed by atoms with van der Waals surface area (Å²) in [7, 11) is 0. The van der Waals surface area contributed by atoms with Crippen LogP contribution in [0.15, 0.2) is 84.2 Å². The number of carbonyl (C=O) groups excluding carboxylic acids is 2. The predicted molar refractivity (Wildman–Crippen MR) is 161 cm³/mol. The van der Waals surface area contributed by atoms with Crippen LogP contribution in [0, 0.1) is 6.92 Å². The van der Waals surface area contributed by atoms with Crippen molar-refractivity contribution in [2.45, 2.75) is 27.2 Å². The molecular formula is C33H30N2O4S. The summed E-state index contributed by atoms with van der Waals surface area (Å²) in [6.07, 6.45) is 0.932. The van der Waals surface area contributed by atoms with Gasteiger partial charge in [-0.2, -0.15) is 0 Å². The summed E-state index contributed by atoms with van der Waals surface area (Å²) >= 11 is 1.30. The quantitative estimate of drug-likeness (QED) is 0.187. The van der Waals surface area contributed by atoms with E-state index in [4.69, 9.17) is 14.5 Å². The van der Waals surface area contributed by atoms with Gasteiger partial charge in [0.05, 0.1) is 30.0 Å². The summed E-state index contributed by atoms with van der Waals surface area (Å²) in [4.78, 5) is 31.7. The summed E-state index contributed by atoms with van der Waals surface area (Å²) < 4.78 is 11.1. The number of carbonyl (C=O) groups is 2. The Balaban J connectivity index is 1.53. The number of aromatic nitrogens is 1. The van der Waals surface area contributed by atoms with Crippen LogP contribution < -0.4 is 10.1 Å². The molecule has 202 valence electrons. The fraction of sp³-hybridized carbons (Fsp3) is 0.182. The van der Waals surface area contributed by atoms with Crippen molar-refractivity contribution in [2.75, 3.05) is 18.5 Å². The lowest BCUT2D eigenvalue weighted by Crippen LogP contribution is -2.15. The third kappa shape index (κ3) is 5.75. The van der Waals surface area contributed by atoms with E-state index in [0.29, 0.717) is 33.9 Å². The molecule has 40 heavy (non-hydrogen) atoms. The first-order chi connectivity index (χ1) is 19.5. The van der Waals surface area contributed by atoms with Gasteiger partial charge >= 0.3 is 5.97 Å². The molecule has 0 unspecified atom stereocenters. The van der Waals surface area contributed by atoms with Crippen molar-refractivity contribution in [1.82, 2.24) is 4.98 Å². The molecule has 0 atom stereocenters. The Hall–Kier alpha value is -4.49. The predicted octanol–water partition coefficient (Wildman–Crippen LogP) is 8.16. The fourth-order valence-corrected chi connectivity index (χ4v) is 5.38. The number of benzene rings is 3. The molecule has 0 bridgehead atoms. The number of anilines is 1. The maximum Gasteiger partial charge on any atom is 0.341 e. The number of hydrogen-bond donors (Lipinski definition) is 1. The Morgan fingerprint density at radius 3 is 2.38 bits per heavy atom. The van der Waals surface area contributed by atoms with E-state index in [1.807, 2.05) is 85.1 Å². The maximum atomic E-state index is 13.8. The van der Waals surface area contributed by atoms with Crippen LogP contribution in [-0.4, -0.2) is 30.1 Å². The number of pyridine rings is 1. The van der Waals surface area contributed by atoms with Gasteiger partial charge < -0.3 is 14.8 Å². The third-order valence-corrected chi connectivity index (χ3v) is 7.34.